The Bertz CT molecular complexity index is 761. The lowest BCUT2D eigenvalue weighted by Gasteiger charge is -2.40. The van der Waals surface area contributed by atoms with Gasteiger partial charge in [-0.05, 0) is 48.5 Å². The van der Waals surface area contributed by atoms with Crippen molar-refractivity contribution in [1.82, 2.24) is 0 Å². The molecule has 0 atom stereocenters. The molecule has 1 aromatic carbocycles. The van der Waals surface area contributed by atoms with Crippen LogP contribution in [0.25, 0.3) is 5.57 Å². The Morgan fingerprint density at radius 1 is 0.923 bits per heavy atom. The minimum atomic E-state index is -1.44. The quantitative estimate of drug-likeness (QED) is 0.607. The molecule has 0 spiro atoms. The Hall–Kier alpha value is -2.50. The summed E-state index contributed by atoms with van der Waals surface area (Å²) in [5, 5.41) is 0. The van der Waals surface area contributed by atoms with Crippen LogP contribution in [0, 0.1) is 5.41 Å². The van der Waals surface area contributed by atoms with Crippen LogP contribution >= 0.6 is 0 Å². The molecular formula is C20H24O6. The van der Waals surface area contributed by atoms with E-state index in [4.69, 9.17) is 18.9 Å². The van der Waals surface area contributed by atoms with Gasteiger partial charge in [-0.3, -0.25) is 9.59 Å². The van der Waals surface area contributed by atoms with Crippen LogP contribution in [0.3, 0.4) is 0 Å². The molecule has 0 bridgehead atoms. The summed E-state index contributed by atoms with van der Waals surface area (Å²) in [6, 6.07) is 3.69. The standard InChI is InChI=1S/C20H24O6/c1-23-13-9-12-11-20(18(21)25-3,19(22)26-4)15-8-6-5-7-14(15)17(12)16(10-13)24-2/h9-10H,5-8,11H2,1-4H3. The first-order chi connectivity index (χ1) is 12.5. The summed E-state index contributed by atoms with van der Waals surface area (Å²) in [5.74, 6) is 0.151. The Morgan fingerprint density at radius 3 is 2.15 bits per heavy atom. The molecular weight excluding hydrogens is 336 g/mol. The van der Waals surface area contributed by atoms with Gasteiger partial charge in [0, 0.05) is 18.1 Å². The van der Waals surface area contributed by atoms with Crippen molar-refractivity contribution in [2.24, 2.45) is 5.41 Å². The second-order valence-electron chi connectivity index (χ2n) is 6.59. The van der Waals surface area contributed by atoms with Crippen molar-refractivity contribution >= 4 is 17.5 Å². The third-order valence-corrected chi connectivity index (χ3v) is 5.42. The van der Waals surface area contributed by atoms with Crippen LogP contribution in [0.4, 0.5) is 0 Å². The number of rotatable bonds is 4. The van der Waals surface area contributed by atoms with Crippen LogP contribution in [0.15, 0.2) is 17.7 Å². The predicted octanol–water partition coefficient (Wildman–Crippen LogP) is 2.92. The van der Waals surface area contributed by atoms with E-state index in [1.807, 2.05) is 12.1 Å². The average molecular weight is 360 g/mol. The molecule has 0 saturated heterocycles. The number of ether oxygens (including phenoxy) is 4. The van der Waals surface area contributed by atoms with Gasteiger partial charge in [-0.1, -0.05) is 0 Å². The zero-order valence-electron chi connectivity index (χ0n) is 15.6. The number of fused-ring (bicyclic) bond motifs is 2. The number of hydrogen-bond donors (Lipinski definition) is 0. The maximum absolute atomic E-state index is 12.8. The molecule has 26 heavy (non-hydrogen) atoms. The molecule has 140 valence electrons. The number of benzene rings is 1. The third-order valence-electron chi connectivity index (χ3n) is 5.42. The lowest BCUT2D eigenvalue weighted by atomic mass is 9.63. The highest BCUT2D eigenvalue weighted by molar-refractivity contribution is 6.07. The normalized spacial score (nSPS) is 17.7. The van der Waals surface area contributed by atoms with Gasteiger partial charge >= 0.3 is 11.9 Å². The first-order valence-electron chi connectivity index (χ1n) is 8.68. The summed E-state index contributed by atoms with van der Waals surface area (Å²) in [5.41, 5.74) is 2.15. The number of hydrogen-bond acceptors (Lipinski definition) is 6. The molecule has 0 aromatic heterocycles. The van der Waals surface area contributed by atoms with E-state index in [-0.39, 0.29) is 6.42 Å². The van der Waals surface area contributed by atoms with Crippen molar-refractivity contribution in [1.29, 1.82) is 0 Å². The number of carbonyl (C=O) groups excluding carboxylic acids is 2. The van der Waals surface area contributed by atoms with Crippen LogP contribution in [0.1, 0.15) is 36.8 Å². The SMILES string of the molecule is COC(=O)C1(C(=O)OC)Cc2cc(OC)cc(OC)c2C2=C1CCCC2. The maximum Gasteiger partial charge on any atom is 0.327 e. The van der Waals surface area contributed by atoms with Crippen molar-refractivity contribution in [3.8, 4) is 11.5 Å². The molecule has 0 saturated carbocycles. The first-order valence-corrected chi connectivity index (χ1v) is 8.68. The van der Waals surface area contributed by atoms with Crippen molar-refractivity contribution in [3.05, 3.63) is 28.8 Å². The first kappa shape index (κ1) is 18.3. The van der Waals surface area contributed by atoms with Crippen LogP contribution < -0.4 is 9.47 Å². The van der Waals surface area contributed by atoms with Gasteiger partial charge in [-0.25, -0.2) is 0 Å². The lowest BCUT2D eigenvalue weighted by Crippen LogP contribution is -2.47. The fourth-order valence-electron chi connectivity index (χ4n) is 4.27. The Labute approximate surface area is 153 Å². The Kier molecular flexibility index (Phi) is 4.94. The van der Waals surface area contributed by atoms with E-state index in [0.717, 1.165) is 41.5 Å². The van der Waals surface area contributed by atoms with Gasteiger partial charge in [-0.2, -0.15) is 0 Å². The largest absolute Gasteiger partial charge is 0.497 e. The van der Waals surface area contributed by atoms with Gasteiger partial charge in [0.1, 0.15) is 11.5 Å². The molecule has 0 radical (unpaired) electrons. The van der Waals surface area contributed by atoms with E-state index in [1.54, 1.807) is 14.2 Å². The van der Waals surface area contributed by atoms with E-state index in [2.05, 4.69) is 0 Å². The molecule has 0 amide bonds. The number of methoxy groups -OCH3 is 4. The highest BCUT2D eigenvalue weighted by Crippen LogP contribution is 2.53. The van der Waals surface area contributed by atoms with E-state index < -0.39 is 17.4 Å². The molecule has 0 N–H and O–H groups in total. The maximum atomic E-state index is 12.8. The summed E-state index contributed by atoms with van der Waals surface area (Å²) in [6.45, 7) is 0. The summed E-state index contributed by atoms with van der Waals surface area (Å²) >= 11 is 0. The fourth-order valence-corrected chi connectivity index (χ4v) is 4.27. The predicted molar refractivity (Wildman–Crippen MR) is 95.1 cm³/mol. The molecule has 2 aliphatic rings. The summed E-state index contributed by atoms with van der Waals surface area (Å²) in [4.78, 5) is 25.7. The minimum Gasteiger partial charge on any atom is -0.497 e. The molecule has 6 nitrogen and oxygen atoms in total. The number of allylic oxidation sites excluding steroid dienone is 1. The van der Waals surface area contributed by atoms with Gasteiger partial charge in [0.25, 0.3) is 0 Å². The average Bonchev–Trinajstić information content (AvgIpc) is 2.70. The minimum absolute atomic E-state index is 0.175. The van der Waals surface area contributed by atoms with Crippen molar-refractivity contribution in [2.75, 3.05) is 28.4 Å². The molecule has 0 aliphatic heterocycles. The summed E-state index contributed by atoms with van der Waals surface area (Å²) < 4.78 is 21.1. The summed E-state index contributed by atoms with van der Waals surface area (Å²) in [7, 11) is 5.79. The van der Waals surface area contributed by atoms with Gasteiger partial charge < -0.3 is 18.9 Å². The van der Waals surface area contributed by atoms with Crippen LogP contribution in [-0.2, 0) is 25.5 Å². The Morgan fingerprint density at radius 2 is 1.58 bits per heavy atom. The Balaban J connectivity index is 2.34. The van der Waals surface area contributed by atoms with Crippen LogP contribution in [0.2, 0.25) is 0 Å². The number of esters is 2. The van der Waals surface area contributed by atoms with E-state index in [1.165, 1.54) is 14.2 Å². The molecule has 6 heteroatoms. The fraction of sp³-hybridized carbons (Fsp3) is 0.500. The van der Waals surface area contributed by atoms with Gasteiger partial charge in [0.2, 0.25) is 0 Å². The lowest BCUT2D eigenvalue weighted by molar-refractivity contribution is -0.166. The van der Waals surface area contributed by atoms with Gasteiger partial charge in [-0.15, -0.1) is 0 Å². The zero-order valence-corrected chi connectivity index (χ0v) is 15.6. The molecule has 3 rings (SSSR count). The second-order valence-corrected chi connectivity index (χ2v) is 6.59. The van der Waals surface area contributed by atoms with E-state index in [9.17, 15) is 9.59 Å². The van der Waals surface area contributed by atoms with Crippen LogP contribution in [-0.4, -0.2) is 40.4 Å². The highest BCUT2D eigenvalue weighted by Gasteiger charge is 2.55. The second kappa shape index (κ2) is 7.02. The molecule has 1 aromatic rings. The monoisotopic (exact) mass is 360 g/mol. The third kappa shape index (κ3) is 2.55. The molecule has 0 heterocycles. The van der Waals surface area contributed by atoms with E-state index >= 15 is 0 Å². The zero-order chi connectivity index (χ0) is 18.9. The molecule has 0 unspecified atom stereocenters. The van der Waals surface area contributed by atoms with Crippen molar-refractivity contribution in [3.63, 3.8) is 0 Å². The highest BCUT2D eigenvalue weighted by atomic mass is 16.5. The molecule has 2 aliphatic carbocycles. The van der Waals surface area contributed by atoms with Crippen molar-refractivity contribution in [2.45, 2.75) is 32.1 Å². The summed E-state index contributed by atoms with van der Waals surface area (Å²) in [6.07, 6.45) is 3.53. The number of carbonyl (C=O) groups is 2. The van der Waals surface area contributed by atoms with E-state index in [0.29, 0.717) is 17.9 Å². The van der Waals surface area contributed by atoms with Gasteiger partial charge in [0.05, 0.1) is 28.4 Å². The van der Waals surface area contributed by atoms with Crippen molar-refractivity contribution < 1.29 is 28.5 Å². The van der Waals surface area contributed by atoms with Crippen LogP contribution in [0.5, 0.6) is 11.5 Å². The topological polar surface area (TPSA) is 71.1 Å². The smallest absolute Gasteiger partial charge is 0.327 e. The van der Waals surface area contributed by atoms with Gasteiger partial charge in [0.15, 0.2) is 5.41 Å². The molecule has 0 fully saturated rings.